The van der Waals surface area contributed by atoms with Gasteiger partial charge in [-0.05, 0) is 31.5 Å². The first-order chi connectivity index (χ1) is 8.78. The predicted octanol–water partition coefficient (Wildman–Crippen LogP) is 2.34. The third kappa shape index (κ3) is 3.93. The number of hydrogen-bond acceptors (Lipinski definition) is 3. The van der Waals surface area contributed by atoms with Crippen LogP contribution in [0.4, 0.5) is 0 Å². The molecule has 0 saturated heterocycles. The highest BCUT2D eigenvalue weighted by Crippen LogP contribution is 2.12. The fourth-order valence-corrected chi connectivity index (χ4v) is 2.11. The van der Waals surface area contributed by atoms with Crippen LogP contribution in [-0.4, -0.2) is 29.5 Å². The van der Waals surface area contributed by atoms with Crippen LogP contribution in [-0.2, 0) is 13.1 Å². The van der Waals surface area contributed by atoms with Crippen LogP contribution in [0.3, 0.4) is 0 Å². The SMILES string of the molecule is CCNCc1ccc(CN2CC=C(C)CC2)nc1. The van der Waals surface area contributed by atoms with Gasteiger partial charge in [-0.15, -0.1) is 0 Å². The maximum atomic E-state index is 4.54. The van der Waals surface area contributed by atoms with E-state index in [-0.39, 0.29) is 0 Å². The average Bonchev–Trinajstić information content (AvgIpc) is 2.41. The van der Waals surface area contributed by atoms with Crippen molar-refractivity contribution in [2.75, 3.05) is 19.6 Å². The fraction of sp³-hybridized carbons (Fsp3) is 0.533. The van der Waals surface area contributed by atoms with Gasteiger partial charge in [0.2, 0.25) is 0 Å². The van der Waals surface area contributed by atoms with Crippen molar-refractivity contribution in [3.8, 4) is 0 Å². The molecule has 98 valence electrons. The van der Waals surface area contributed by atoms with Crippen LogP contribution < -0.4 is 5.32 Å². The highest BCUT2D eigenvalue weighted by molar-refractivity contribution is 5.14. The van der Waals surface area contributed by atoms with E-state index in [0.717, 1.165) is 32.7 Å². The summed E-state index contributed by atoms with van der Waals surface area (Å²) in [5.41, 5.74) is 3.94. The van der Waals surface area contributed by atoms with E-state index < -0.39 is 0 Å². The molecule has 0 fully saturated rings. The summed E-state index contributed by atoms with van der Waals surface area (Å²) < 4.78 is 0. The molecule has 18 heavy (non-hydrogen) atoms. The summed E-state index contributed by atoms with van der Waals surface area (Å²) in [5, 5.41) is 3.31. The summed E-state index contributed by atoms with van der Waals surface area (Å²) in [7, 11) is 0. The highest BCUT2D eigenvalue weighted by Gasteiger charge is 2.10. The summed E-state index contributed by atoms with van der Waals surface area (Å²) in [5.74, 6) is 0. The molecule has 2 heterocycles. The quantitative estimate of drug-likeness (QED) is 0.807. The van der Waals surface area contributed by atoms with Gasteiger partial charge in [-0.3, -0.25) is 9.88 Å². The molecule has 2 rings (SSSR count). The Bertz CT molecular complexity index is 395. The van der Waals surface area contributed by atoms with Crippen molar-refractivity contribution in [1.82, 2.24) is 15.2 Å². The standard InChI is InChI=1S/C15H23N3/c1-3-16-10-14-4-5-15(17-11-14)12-18-8-6-13(2)7-9-18/h4-6,11,16H,3,7-10,12H2,1-2H3. The zero-order valence-electron chi connectivity index (χ0n) is 11.4. The number of hydrogen-bond donors (Lipinski definition) is 1. The molecule has 0 atom stereocenters. The van der Waals surface area contributed by atoms with E-state index in [1.165, 1.54) is 23.3 Å². The average molecular weight is 245 g/mol. The molecule has 1 aliphatic heterocycles. The minimum Gasteiger partial charge on any atom is -0.313 e. The molecule has 0 amide bonds. The van der Waals surface area contributed by atoms with Crippen LogP contribution in [0.25, 0.3) is 0 Å². The number of rotatable bonds is 5. The van der Waals surface area contributed by atoms with Gasteiger partial charge in [0.15, 0.2) is 0 Å². The normalized spacial score (nSPS) is 16.7. The summed E-state index contributed by atoms with van der Waals surface area (Å²) in [6.45, 7) is 9.43. The van der Waals surface area contributed by atoms with Gasteiger partial charge in [-0.25, -0.2) is 0 Å². The fourth-order valence-electron chi connectivity index (χ4n) is 2.11. The smallest absolute Gasteiger partial charge is 0.0544 e. The van der Waals surface area contributed by atoms with Crippen LogP contribution in [0.1, 0.15) is 31.5 Å². The summed E-state index contributed by atoms with van der Waals surface area (Å²) in [6, 6.07) is 4.33. The maximum Gasteiger partial charge on any atom is 0.0544 e. The molecule has 1 aromatic heterocycles. The Balaban J connectivity index is 1.86. The van der Waals surface area contributed by atoms with Crippen molar-refractivity contribution in [1.29, 1.82) is 0 Å². The summed E-state index contributed by atoms with van der Waals surface area (Å²) in [6.07, 6.45) is 5.50. The lowest BCUT2D eigenvalue weighted by Gasteiger charge is -2.24. The minimum atomic E-state index is 0.912. The second kappa shape index (κ2) is 6.66. The molecule has 0 unspecified atom stereocenters. The summed E-state index contributed by atoms with van der Waals surface area (Å²) >= 11 is 0. The number of nitrogens with one attached hydrogen (secondary N) is 1. The molecule has 0 saturated carbocycles. The van der Waals surface area contributed by atoms with Crippen molar-refractivity contribution in [3.63, 3.8) is 0 Å². The first kappa shape index (κ1) is 13.2. The van der Waals surface area contributed by atoms with Gasteiger partial charge < -0.3 is 5.32 Å². The van der Waals surface area contributed by atoms with Crippen LogP contribution in [0.15, 0.2) is 30.0 Å². The Morgan fingerprint density at radius 2 is 2.28 bits per heavy atom. The highest BCUT2D eigenvalue weighted by atomic mass is 15.1. The van der Waals surface area contributed by atoms with E-state index in [0.29, 0.717) is 0 Å². The van der Waals surface area contributed by atoms with Gasteiger partial charge in [-0.1, -0.05) is 24.6 Å². The molecular formula is C15H23N3. The van der Waals surface area contributed by atoms with Crippen molar-refractivity contribution < 1.29 is 0 Å². The molecule has 1 aromatic rings. The molecule has 0 spiro atoms. The van der Waals surface area contributed by atoms with Crippen molar-refractivity contribution in [2.24, 2.45) is 0 Å². The van der Waals surface area contributed by atoms with Gasteiger partial charge in [0.05, 0.1) is 5.69 Å². The monoisotopic (exact) mass is 245 g/mol. The Kier molecular flexibility index (Phi) is 4.90. The number of nitrogens with zero attached hydrogens (tertiary/aromatic N) is 2. The zero-order chi connectivity index (χ0) is 12.8. The van der Waals surface area contributed by atoms with Crippen molar-refractivity contribution in [2.45, 2.75) is 33.4 Å². The van der Waals surface area contributed by atoms with Gasteiger partial charge in [0.25, 0.3) is 0 Å². The van der Waals surface area contributed by atoms with E-state index in [2.05, 4.69) is 47.3 Å². The third-order valence-corrected chi connectivity index (χ3v) is 3.37. The van der Waals surface area contributed by atoms with E-state index in [1.54, 1.807) is 0 Å². The minimum absolute atomic E-state index is 0.912. The van der Waals surface area contributed by atoms with Crippen molar-refractivity contribution >= 4 is 0 Å². The van der Waals surface area contributed by atoms with Crippen LogP contribution >= 0.6 is 0 Å². The molecule has 3 heteroatoms. The lowest BCUT2D eigenvalue weighted by molar-refractivity contribution is 0.282. The van der Waals surface area contributed by atoms with Crippen LogP contribution in [0.5, 0.6) is 0 Å². The largest absolute Gasteiger partial charge is 0.313 e. The molecule has 1 N–H and O–H groups in total. The topological polar surface area (TPSA) is 28.2 Å². The van der Waals surface area contributed by atoms with E-state index >= 15 is 0 Å². The van der Waals surface area contributed by atoms with Gasteiger partial charge in [0.1, 0.15) is 0 Å². The Hall–Kier alpha value is -1.19. The molecule has 0 bridgehead atoms. The second-order valence-electron chi connectivity index (χ2n) is 4.97. The molecule has 3 nitrogen and oxygen atoms in total. The van der Waals surface area contributed by atoms with Gasteiger partial charge in [0, 0.05) is 32.4 Å². The number of aromatic nitrogens is 1. The molecule has 0 aromatic carbocycles. The second-order valence-corrected chi connectivity index (χ2v) is 4.97. The van der Waals surface area contributed by atoms with E-state index in [9.17, 15) is 0 Å². The van der Waals surface area contributed by atoms with Crippen LogP contribution in [0.2, 0.25) is 0 Å². The first-order valence-corrected chi connectivity index (χ1v) is 6.80. The molecule has 0 aliphatic carbocycles. The van der Waals surface area contributed by atoms with Gasteiger partial charge >= 0.3 is 0 Å². The van der Waals surface area contributed by atoms with E-state index in [4.69, 9.17) is 0 Å². The Morgan fingerprint density at radius 1 is 1.39 bits per heavy atom. The first-order valence-electron chi connectivity index (χ1n) is 6.80. The third-order valence-electron chi connectivity index (χ3n) is 3.37. The van der Waals surface area contributed by atoms with E-state index in [1.807, 2.05) is 6.20 Å². The van der Waals surface area contributed by atoms with Gasteiger partial charge in [-0.2, -0.15) is 0 Å². The zero-order valence-corrected chi connectivity index (χ0v) is 11.4. The summed E-state index contributed by atoms with van der Waals surface area (Å²) in [4.78, 5) is 6.99. The Labute approximate surface area is 110 Å². The maximum absolute atomic E-state index is 4.54. The number of pyridine rings is 1. The lowest BCUT2D eigenvalue weighted by Crippen LogP contribution is -2.28. The van der Waals surface area contributed by atoms with Crippen molar-refractivity contribution in [3.05, 3.63) is 41.2 Å². The molecular weight excluding hydrogens is 222 g/mol. The van der Waals surface area contributed by atoms with Crippen LogP contribution in [0, 0.1) is 0 Å². The Morgan fingerprint density at radius 3 is 2.89 bits per heavy atom. The molecule has 1 aliphatic rings. The molecule has 0 radical (unpaired) electrons. The predicted molar refractivity (Wildman–Crippen MR) is 75.3 cm³/mol. The lowest BCUT2D eigenvalue weighted by atomic mass is 10.1.